The van der Waals surface area contributed by atoms with Crippen molar-refractivity contribution >= 4 is 109 Å². The van der Waals surface area contributed by atoms with Gasteiger partial charge in [0.15, 0.2) is 28.7 Å². The number of fused-ring (bicyclic) bond motifs is 3. The maximum absolute atomic E-state index is 14.5. The quantitative estimate of drug-likeness (QED) is 0.0329. The number of sulfonamides is 3. The number of phenolic OH excluding ortho intramolecular Hbond substituents is 2. The van der Waals surface area contributed by atoms with Crippen LogP contribution in [0.4, 0.5) is 67.8 Å². The predicted molar refractivity (Wildman–Crippen MR) is 360 cm³/mol. The number of hydrogen-bond donors (Lipinski definition) is 8. The second kappa shape index (κ2) is 33.7. The molecule has 0 amide bonds. The van der Waals surface area contributed by atoms with Crippen molar-refractivity contribution < 1.29 is 85.8 Å². The molecule has 28 nitrogen and oxygen atoms in total. The number of halogens is 5. The number of nitrogens with zero attached hydrogens (tertiary/aromatic N) is 8. The van der Waals surface area contributed by atoms with Gasteiger partial charge < -0.3 is 64.4 Å². The minimum atomic E-state index is -5.04. The number of benzene rings is 6. The Morgan fingerprint density at radius 1 is 0.474 bits per heavy atom. The third-order valence-corrected chi connectivity index (χ3v) is 17.2. The summed E-state index contributed by atoms with van der Waals surface area (Å²) in [5, 5.41) is 30.0. The van der Waals surface area contributed by atoms with Crippen molar-refractivity contribution in [2.24, 2.45) is 0 Å². The van der Waals surface area contributed by atoms with Gasteiger partial charge in [-0.3, -0.25) is 0 Å². The van der Waals surface area contributed by atoms with Gasteiger partial charge in [0.25, 0.3) is 0 Å². The van der Waals surface area contributed by atoms with Crippen molar-refractivity contribution in [2.75, 3.05) is 111 Å². The Kier molecular flexibility index (Phi) is 27.0. The first-order chi connectivity index (χ1) is 45.7. The van der Waals surface area contributed by atoms with Crippen molar-refractivity contribution in [1.29, 1.82) is 0 Å². The summed E-state index contributed by atoms with van der Waals surface area (Å²) < 4.78 is 178. The number of methoxy groups -OCH3 is 5. The summed E-state index contributed by atoms with van der Waals surface area (Å²) in [4.78, 5) is 26.9. The fourth-order valence-corrected chi connectivity index (χ4v) is 11.0. The van der Waals surface area contributed by atoms with Crippen LogP contribution in [-0.4, -0.2) is 157 Å². The third-order valence-electron chi connectivity index (χ3n) is 13.0. The lowest BCUT2D eigenvalue weighted by molar-refractivity contribution is -0.274. The molecule has 526 valence electrons. The first-order valence-electron chi connectivity index (χ1n) is 28.7. The van der Waals surface area contributed by atoms with Crippen molar-refractivity contribution in [3.05, 3.63) is 103 Å². The summed E-state index contributed by atoms with van der Waals surface area (Å²) in [5.41, 5.74) is 2.32. The summed E-state index contributed by atoms with van der Waals surface area (Å²) in [6.45, 7) is 8.50. The molecule has 0 radical (unpaired) electrons. The van der Waals surface area contributed by atoms with Crippen molar-refractivity contribution in [1.82, 2.24) is 44.1 Å². The van der Waals surface area contributed by atoms with E-state index in [9.17, 15) is 57.4 Å². The fourth-order valence-electron chi connectivity index (χ4n) is 8.67. The van der Waals surface area contributed by atoms with Crippen LogP contribution >= 0.6 is 0 Å². The van der Waals surface area contributed by atoms with Gasteiger partial charge in [-0.15, -0.1) is 13.2 Å². The number of rotatable bonds is 20. The van der Waals surface area contributed by atoms with E-state index in [0.717, 1.165) is 43.7 Å². The minimum Gasteiger partial charge on any atom is -0.508 e. The molecule has 36 heteroatoms. The smallest absolute Gasteiger partial charge is 0.508 e. The lowest BCUT2D eigenvalue weighted by Crippen LogP contribution is -2.21. The lowest BCUT2D eigenvalue weighted by atomic mass is 10.1. The summed E-state index contributed by atoms with van der Waals surface area (Å²) >= 11 is 0. The van der Waals surface area contributed by atoms with Crippen LogP contribution in [0.3, 0.4) is 0 Å². The molecule has 0 aliphatic carbocycles. The van der Waals surface area contributed by atoms with Crippen LogP contribution in [0, 0.1) is 11.6 Å². The van der Waals surface area contributed by atoms with Gasteiger partial charge in [-0.2, -0.15) is 0 Å². The van der Waals surface area contributed by atoms with E-state index in [4.69, 9.17) is 23.7 Å². The van der Waals surface area contributed by atoms with Crippen LogP contribution in [0.25, 0.3) is 32.7 Å². The van der Waals surface area contributed by atoms with Crippen LogP contribution < -0.4 is 68.3 Å². The first kappa shape index (κ1) is 77.8. The highest BCUT2D eigenvalue weighted by molar-refractivity contribution is 7.90. The summed E-state index contributed by atoms with van der Waals surface area (Å²) in [7, 11) is 5.45. The number of anilines is 8. The van der Waals surface area contributed by atoms with E-state index in [1.165, 1.54) is 105 Å². The number of hydrogen-bond acceptors (Lipinski definition) is 25. The topological polar surface area (TPSA) is 354 Å². The van der Waals surface area contributed by atoms with E-state index in [1.807, 2.05) is 0 Å². The van der Waals surface area contributed by atoms with E-state index in [2.05, 4.69) is 92.5 Å². The van der Waals surface area contributed by atoms with Crippen molar-refractivity contribution in [3.8, 4) is 46.0 Å². The van der Waals surface area contributed by atoms with Gasteiger partial charge in [0.1, 0.15) is 69.4 Å². The standard InChI is InChI=1S/C19H22FN5O4S.C18H17F3N4O6S.C18H20FN5O4S.2C3H8/c1-21-30(26,27)18-9-14(15(25(2)3)7-12(18)20)24-19-11-6-16(28-4)17(29-5)8-13(11)22-10-23-19;1-22-32(27,28)9-4-5-13(31-18(19,20)21)10(6-9)25-17-14-11(23-8-24-17)7-12(26)15(29-2)16(14)30-3;1-20-29(26,27)16-8-12(14(24(2)3)7-11(16)19)23-18-17-13(21-9-22-18)5-10(25)6-15(17)28-4;2*1-3-2/h6-10,21H,1-5H3,(H,22,23,24);4-8,22,26H,1-3H3,(H,23,24,25);5-9,20,25H,1-4H3,(H,21,22,23);2*3H2,1-2H3. The highest BCUT2D eigenvalue weighted by Crippen LogP contribution is 2.46. The molecular weight excluding hydrogens is 1340 g/mol. The highest BCUT2D eigenvalue weighted by atomic mass is 32.2. The molecule has 9 aromatic rings. The van der Waals surface area contributed by atoms with Gasteiger partial charge in [-0.25, -0.2) is 78.1 Å². The molecule has 0 aliphatic heterocycles. The van der Waals surface area contributed by atoms with Gasteiger partial charge in [0.05, 0.1) is 96.2 Å². The zero-order chi connectivity index (χ0) is 72.5. The van der Waals surface area contributed by atoms with E-state index in [-0.39, 0.29) is 50.3 Å². The van der Waals surface area contributed by atoms with Crippen LogP contribution in [0.15, 0.2) is 106 Å². The molecule has 0 saturated heterocycles. The Balaban J connectivity index is 0.000000252. The zero-order valence-corrected chi connectivity index (χ0v) is 58.0. The number of aromatic hydroxyl groups is 2. The third kappa shape index (κ3) is 19.0. The molecular formula is C61H75F5N14O14S3. The number of nitrogens with one attached hydrogen (secondary N) is 6. The molecule has 0 bridgehead atoms. The second-order valence-corrected chi connectivity index (χ2v) is 25.9. The summed E-state index contributed by atoms with van der Waals surface area (Å²) in [6, 6.07) is 15.0. The first-order valence-corrected chi connectivity index (χ1v) is 33.2. The fraction of sp³-hybridized carbons (Fsp3) is 0.311. The molecule has 0 atom stereocenters. The molecule has 0 spiro atoms. The number of phenols is 2. The number of alkyl halides is 3. The normalized spacial score (nSPS) is 11.3. The average Bonchev–Trinajstić information content (AvgIpc) is 0.785. The lowest BCUT2D eigenvalue weighted by Gasteiger charge is -2.20. The van der Waals surface area contributed by atoms with Gasteiger partial charge in [-0.05, 0) is 57.5 Å². The molecule has 0 aliphatic rings. The molecule has 8 N–H and O–H groups in total. The number of ether oxygens (including phenoxy) is 6. The minimum absolute atomic E-state index is 0.00268. The SMILES string of the molecule is CCC.CCC.CNS(=O)(=O)c1cc(Nc2ncnc3cc(O)cc(OC)c23)c(N(C)C)cc1F.CNS(=O)(=O)c1cc(Nc2ncnc3cc(OC)c(OC)cc23)c(N(C)C)cc1F.CNS(=O)(=O)c1ccc(OC(F)(F)F)c(Nc2ncnc3cc(O)c(OC)c(OC)c23)c1. The van der Waals surface area contributed by atoms with Crippen molar-refractivity contribution in [2.45, 2.75) is 61.6 Å². The van der Waals surface area contributed by atoms with Gasteiger partial charge in [-0.1, -0.05) is 40.5 Å². The summed E-state index contributed by atoms with van der Waals surface area (Å²) in [6.07, 6.45) is 1.20. The van der Waals surface area contributed by atoms with Crippen LogP contribution in [0.2, 0.25) is 0 Å². The summed E-state index contributed by atoms with van der Waals surface area (Å²) in [5.74, 6) is -0.888. The Morgan fingerprint density at radius 2 is 0.907 bits per heavy atom. The van der Waals surface area contributed by atoms with Crippen LogP contribution in [0.1, 0.15) is 40.5 Å². The van der Waals surface area contributed by atoms with Gasteiger partial charge >= 0.3 is 6.36 Å². The van der Waals surface area contributed by atoms with E-state index in [0.29, 0.717) is 73.4 Å². The average molecular weight is 1420 g/mol. The van der Waals surface area contributed by atoms with E-state index < -0.39 is 63.6 Å². The van der Waals surface area contributed by atoms with Crippen molar-refractivity contribution in [3.63, 3.8) is 0 Å². The zero-order valence-electron chi connectivity index (χ0n) is 55.6. The molecule has 9 rings (SSSR count). The van der Waals surface area contributed by atoms with Crippen LogP contribution in [0.5, 0.6) is 46.0 Å². The van der Waals surface area contributed by atoms with Gasteiger partial charge in [0, 0.05) is 70.0 Å². The molecule has 3 heterocycles. The Morgan fingerprint density at radius 3 is 1.36 bits per heavy atom. The number of aromatic nitrogens is 6. The largest absolute Gasteiger partial charge is 0.573 e. The molecule has 3 aromatic heterocycles. The maximum Gasteiger partial charge on any atom is 0.573 e. The van der Waals surface area contributed by atoms with Crippen LogP contribution in [-0.2, 0) is 30.1 Å². The Hall–Kier alpha value is -9.88. The van der Waals surface area contributed by atoms with E-state index in [1.54, 1.807) is 50.1 Å². The molecule has 0 unspecified atom stereocenters. The molecule has 6 aromatic carbocycles. The predicted octanol–water partition coefficient (Wildman–Crippen LogP) is 10.4. The molecule has 0 saturated carbocycles. The highest BCUT2D eigenvalue weighted by Gasteiger charge is 2.33. The second-order valence-electron chi connectivity index (χ2n) is 20.3. The molecule has 97 heavy (non-hydrogen) atoms. The monoisotopic (exact) mass is 1420 g/mol. The maximum atomic E-state index is 14.5. The Bertz CT molecular complexity index is 4600. The van der Waals surface area contributed by atoms with E-state index >= 15 is 0 Å². The van der Waals surface area contributed by atoms with Gasteiger partial charge in [0.2, 0.25) is 35.8 Å². The Labute approximate surface area is 557 Å². The molecule has 0 fully saturated rings.